The average Bonchev–Trinajstić information content (AvgIpc) is 2.85. The van der Waals surface area contributed by atoms with Crippen molar-refractivity contribution in [3.8, 4) is 0 Å². The predicted octanol–water partition coefficient (Wildman–Crippen LogP) is 2.82. The van der Waals surface area contributed by atoms with E-state index >= 15 is 0 Å². The van der Waals surface area contributed by atoms with Crippen LogP contribution in [-0.4, -0.2) is 28.4 Å². The summed E-state index contributed by atoms with van der Waals surface area (Å²) in [6, 6.07) is 8.05. The molecule has 5 nitrogen and oxygen atoms in total. The van der Waals surface area contributed by atoms with Crippen LogP contribution in [-0.2, 0) is 4.79 Å². The van der Waals surface area contributed by atoms with E-state index in [1.165, 1.54) is 28.7 Å². The first-order valence-corrected chi connectivity index (χ1v) is 7.83. The first kappa shape index (κ1) is 14.8. The van der Waals surface area contributed by atoms with E-state index in [1.807, 2.05) is 38.1 Å². The molecule has 0 aliphatic carbocycles. The quantitative estimate of drug-likeness (QED) is 0.831. The molecule has 0 radical (unpaired) electrons. The summed E-state index contributed by atoms with van der Waals surface area (Å²) in [5, 5.41) is 14.5. The molecule has 0 aliphatic heterocycles. The molecule has 20 heavy (non-hydrogen) atoms. The second-order valence-electron chi connectivity index (χ2n) is 4.24. The summed E-state index contributed by atoms with van der Waals surface area (Å²) in [7, 11) is 1.63. The van der Waals surface area contributed by atoms with Crippen LogP contribution < -0.4 is 10.6 Å². The number of benzene rings is 1. The van der Waals surface area contributed by atoms with Gasteiger partial charge in [-0.2, -0.15) is 0 Å². The van der Waals surface area contributed by atoms with Crippen LogP contribution in [0.1, 0.15) is 12.5 Å². The lowest BCUT2D eigenvalue weighted by molar-refractivity contribution is -0.119. The largest absolute Gasteiger partial charge is 0.358 e. The van der Waals surface area contributed by atoms with Gasteiger partial charge in [-0.05, 0) is 31.5 Å². The van der Waals surface area contributed by atoms with Gasteiger partial charge in [-0.3, -0.25) is 4.79 Å². The molecule has 2 aromatic rings. The first-order chi connectivity index (χ1) is 9.58. The number of aromatic nitrogens is 2. The Bertz CT molecular complexity index is 600. The molecule has 0 aliphatic rings. The number of amides is 1. The second-order valence-corrected chi connectivity index (χ2v) is 6.81. The summed E-state index contributed by atoms with van der Waals surface area (Å²) in [6.45, 7) is 3.89. The SMILES string of the molecule is CNC(=O)C(C)Sc1nnc(Nc2cccc(C)c2)s1. The molecule has 0 fully saturated rings. The Morgan fingerprint density at radius 1 is 1.40 bits per heavy atom. The highest BCUT2D eigenvalue weighted by Gasteiger charge is 2.15. The van der Waals surface area contributed by atoms with Crippen molar-refractivity contribution >= 4 is 39.8 Å². The summed E-state index contributed by atoms with van der Waals surface area (Å²) >= 11 is 2.84. The molecule has 0 spiro atoms. The van der Waals surface area contributed by atoms with Gasteiger partial charge in [-0.25, -0.2) is 0 Å². The number of aryl methyl sites for hydroxylation is 1. The van der Waals surface area contributed by atoms with Crippen molar-refractivity contribution in [2.45, 2.75) is 23.4 Å². The molecule has 2 N–H and O–H groups in total. The zero-order valence-corrected chi connectivity index (χ0v) is 13.1. The lowest BCUT2D eigenvalue weighted by Gasteiger charge is -2.05. The van der Waals surface area contributed by atoms with E-state index in [0.29, 0.717) is 0 Å². The minimum Gasteiger partial charge on any atom is -0.358 e. The predicted molar refractivity (Wildman–Crippen MR) is 83.8 cm³/mol. The summed E-state index contributed by atoms with van der Waals surface area (Å²) in [5.41, 5.74) is 2.17. The first-order valence-electron chi connectivity index (χ1n) is 6.14. The zero-order chi connectivity index (χ0) is 14.5. The number of thioether (sulfide) groups is 1. The Morgan fingerprint density at radius 3 is 2.90 bits per heavy atom. The monoisotopic (exact) mass is 308 g/mol. The normalized spacial score (nSPS) is 11.9. The maximum Gasteiger partial charge on any atom is 0.233 e. The number of anilines is 2. The molecular weight excluding hydrogens is 292 g/mol. The van der Waals surface area contributed by atoms with Gasteiger partial charge in [0.15, 0.2) is 4.34 Å². The number of nitrogens with zero attached hydrogens (tertiary/aromatic N) is 2. The molecule has 0 bridgehead atoms. The van der Waals surface area contributed by atoms with Crippen LogP contribution >= 0.6 is 23.1 Å². The number of nitrogens with one attached hydrogen (secondary N) is 2. The molecule has 7 heteroatoms. The van der Waals surface area contributed by atoms with E-state index in [9.17, 15) is 4.79 Å². The number of carbonyl (C=O) groups excluding carboxylic acids is 1. The molecule has 2 rings (SSSR count). The fourth-order valence-corrected chi connectivity index (χ4v) is 3.54. The van der Waals surface area contributed by atoms with Gasteiger partial charge in [0, 0.05) is 12.7 Å². The van der Waals surface area contributed by atoms with Gasteiger partial charge in [0.05, 0.1) is 5.25 Å². The van der Waals surface area contributed by atoms with E-state index in [4.69, 9.17) is 0 Å². The molecule has 106 valence electrons. The molecule has 1 heterocycles. The summed E-state index contributed by atoms with van der Waals surface area (Å²) in [5.74, 6) is -0.0154. The topological polar surface area (TPSA) is 66.9 Å². The Labute approximate surface area is 126 Å². The van der Waals surface area contributed by atoms with E-state index in [1.54, 1.807) is 7.05 Å². The van der Waals surface area contributed by atoms with Crippen LogP contribution in [0.3, 0.4) is 0 Å². The highest BCUT2D eigenvalue weighted by Crippen LogP contribution is 2.30. The van der Waals surface area contributed by atoms with E-state index in [0.717, 1.165) is 15.2 Å². The van der Waals surface area contributed by atoms with Crippen LogP contribution in [0.2, 0.25) is 0 Å². The van der Waals surface area contributed by atoms with Gasteiger partial charge >= 0.3 is 0 Å². The average molecular weight is 308 g/mol. The van der Waals surface area contributed by atoms with Crippen LogP contribution in [0, 0.1) is 6.92 Å². The van der Waals surface area contributed by atoms with Gasteiger partial charge in [0.25, 0.3) is 0 Å². The smallest absolute Gasteiger partial charge is 0.233 e. The Balaban J connectivity index is 2.00. The maximum atomic E-state index is 11.5. The Kier molecular flexibility index (Phi) is 4.97. The standard InChI is InChI=1S/C13H16N4OS2/c1-8-5-4-6-10(7-8)15-12-16-17-13(20-12)19-9(2)11(18)14-3/h4-7,9H,1-3H3,(H,14,18)(H,15,16). The van der Waals surface area contributed by atoms with Crippen molar-refractivity contribution in [1.82, 2.24) is 15.5 Å². The van der Waals surface area contributed by atoms with Crippen LogP contribution in [0.5, 0.6) is 0 Å². The maximum absolute atomic E-state index is 11.5. The van der Waals surface area contributed by atoms with Crippen molar-refractivity contribution in [3.63, 3.8) is 0 Å². The molecular formula is C13H16N4OS2. The third-order valence-corrected chi connectivity index (χ3v) is 4.59. The number of rotatable bonds is 5. The number of hydrogen-bond donors (Lipinski definition) is 2. The van der Waals surface area contributed by atoms with Crippen LogP contribution in [0.15, 0.2) is 28.6 Å². The molecule has 0 saturated carbocycles. The lowest BCUT2D eigenvalue weighted by atomic mass is 10.2. The fourth-order valence-electron chi connectivity index (χ4n) is 1.56. The van der Waals surface area contributed by atoms with Gasteiger partial charge in [-0.1, -0.05) is 35.2 Å². The molecule has 1 unspecified atom stereocenters. The minimum absolute atomic E-state index is 0.0154. The minimum atomic E-state index is -0.181. The number of hydrogen-bond acceptors (Lipinski definition) is 6. The summed E-state index contributed by atoms with van der Waals surface area (Å²) < 4.78 is 0.774. The van der Waals surface area contributed by atoms with Crippen molar-refractivity contribution < 1.29 is 4.79 Å². The highest BCUT2D eigenvalue weighted by atomic mass is 32.2. The van der Waals surface area contributed by atoms with E-state index < -0.39 is 0 Å². The highest BCUT2D eigenvalue weighted by molar-refractivity contribution is 8.02. The van der Waals surface area contributed by atoms with Crippen LogP contribution in [0.4, 0.5) is 10.8 Å². The molecule has 1 amide bonds. The molecule has 1 aromatic carbocycles. The third-order valence-electron chi connectivity index (χ3n) is 2.57. The van der Waals surface area contributed by atoms with Gasteiger partial charge < -0.3 is 10.6 Å². The summed E-state index contributed by atoms with van der Waals surface area (Å²) in [6.07, 6.45) is 0. The third kappa shape index (κ3) is 3.94. The Morgan fingerprint density at radius 2 is 2.20 bits per heavy atom. The van der Waals surface area contributed by atoms with Gasteiger partial charge in [0.1, 0.15) is 0 Å². The van der Waals surface area contributed by atoms with Crippen molar-refractivity contribution in [3.05, 3.63) is 29.8 Å². The van der Waals surface area contributed by atoms with Gasteiger partial charge in [-0.15, -0.1) is 10.2 Å². The zero-order valence-electron chi connectivity index (χ0n) is 11.5. The Hall–Kier alpha value is -1.60. The van der Waals surface area contributed by atoms with Crippen molar-refractivity contribution in [1.29, 1.82) is 0 Å². The van der Waals surface area contributed by atoms with Crippen LogP contribution in [0.25, 0.3) is 0 Å². The van der Waals surface area contributed by atoms with E-state index in [2.05, 4.69) is 20.8 Å². The van der Waals surface area contributed by atoms with Crippen molar-refractivity contribution in [2.75, 3.05) is 12.4 Å². The van der Waals surface area contributed by atoms with Crippen molar-refractivity contribution in [2.24, 2.45) is 0 Å². The molecule has 1 aromatic heterocycles. The summed E-state index contributed by atoms with van der Waals surface area (Å²) in [4.78, 5) is 11.5. The second kappa shape index (κ2) is 6.71. The molecule has 1 atom stereocenters. The number of carbonyl (C=O) groups is 1. The lowest BCUT2D eigenvalue weighted by Crippen LogP contribution is -2.27. The van der Waals surface area contributed by atoms with E-state index in [-0.39, 0.29) is 11.2 Å². The van der Waals surface area contributed by atoms with Gasteiger partial charge in [0.2, 0.25) is 11.0 Å². The molecule has 0 saturated heterocycles. The fraction of sp³-hybridized carbons (Fsp3) is 0.308.